The third-order valence-electron chi connectivity index (χ3n) is 4.10. The summed E-state index contributed by atoms with van der Waals surface area (Å²) < 4.78 is 11.6. The zero-order chi connectivity index (χ0) is 21.3. The van der Waals surface area contributed by atoms with Crippen LogP contribution in [0.1, 0.15) is 28.5 Å². The molecule has 2 N–H and O–H groups in total. The second kappa shape index (κ2) is 10.4. The van der Waals surface area contributed by atoms with E-state index in [1.54, 1.807) is 13.3 Å². The third kappa shape index (κ3) is 6.31. The molecule has 0 bridgehead atoms. The largest absolute Gasteiger partial charge is 0.497 e. The van der Waals surface area contributed by atoms with Crippen molar-refractivity contribution in [3.8, 4) is 5.75 Å². The van der Waals surface area contributed by atoms with Crippen LogP contribution in [0.3, 0.4) is 0 Å². The molecule has 2 heterocycles. The minimum Gasteiger partial charge on any atom is -0.497 e. The summed E-state index contributed by atoms with van der Waals surface area (Å²) >= 11 is 5.79. The first-order chi connectivity index (χ1) is 14.5. The maximum atomic E-state index is 12.0. The van der Waals surface area contributed by atoms with E-state index >= 15 is 0 Å². The molecule has 11 heteroatoms. The van der Waals surface area contributed by atoms with Crippen molar-refractivity contribution in [1.29, 1.82) is 0 Å². The van der Waals surface area contributed by atoms with Crippen LogP contribution in [0, 0.1) is 0 Å². The fraction of sp³-hybridized carbons (Fsp3) is 0.316. The van der Waals surface area contributed by atoms with Gasteiger partial charge >= 0.3 is 11.8 Å². The molecule has 0 unspecified atom stereocenters. The van der Waals surface area contributed by atoms with E-state index in [0.29, 0.717) is 30.2 Å². The predicted octanol–water partition coefficient (Wildman–Crippen LogP) is 1.46. The van der Waals surface area contributed by atoms with Gasteiger partial charge in [-0.25, -0.2) is 0 Å². The number of carbonyl (C=O) groups excluding carboxylic acids is 2. The van der Waals surface area contributed by atoms with Crippen LogP contribution in [-0.4, -0.2) is 51.9 Å². The molecule has 2 amide bonds. The first-order valence-electron chi connectivity index (χ1n) is 9.22. The molecule has 0 atom stereocenters. The highest BCUT2D eigenvalue weighted by Gasteiger charge is 2.15. The van der Waals surface area contributed by atoms with Crippen LogP contribution >= 0.6 is 11.6 Å². The van der Waals surface area contributed by atoms with Crippen LogP contribution in [0.4, 0.5) is 0 Å². The maximum absolute atomic E-state index is 12.0. The number of amides is 2. The Labute approximate surface area is 177 Å². The van der Waals surface area contributed by atoms with Crippen molar-refractivity contribution in [1.82, 2.24) is 30.6 Å². The molecule has 10 nitrogen and oxygen atoms in total. The third-order valence-corrected chi connectivity index (χ3v) is 4.30. The topological polar surface area (TPSA) is 124 Å². The number of carbonyl (C=O) groups is 2. The van der Waals surface area contributed by atoms with E-state index in [-0.39, 0.29) is 24.9 Å². The lowest BCUT2D eigenvalue weighted by atomic mass is 10.1. The number of nitrogens with one attached hydrogen (secondary N) is 2. The monoisotopic (exact) mass is 432 g/mol. The van der Waals surface area contributed by atoms with E-state index in [4.69, 9.17) is 20.9 Å². The fourth-order valence-electron chi connectivity index (χ4n) is 2.57. The zero-order valence-electron chi connectivity index (χ0n) is 16.3. The van der Waals surface area contributed by atoms with Crippen LogP contribution in [0.5, 0.6) is 5.75 Å². The Morgan fingerprint density at radius 3 is 2.67 bits per heavy atom. The van der Waals surface area contributed by atoms with Gasteiger partial charge in [0.1, 0.15) is 12.3 Å². The van der Waals surface area contributed by atoms with Gasteiger partial charge in [0.25, 0.3) is 0 Å². The molecule has 1 aromatic carbocycles. The number of hydrogen-bond donors (Lipinski definition) is 2. The molecule has 0 aliphatic carbocycles. The van der Waals surface area contributed by atoms with Gasteiger partial charge in [-0.05, 0) is 24.1 Å². The first kappa shape index (κ1) is 21.3. The average molecular weight is 433 g/mol. The molecule has 0 radical (unpaired) electrons. The molecule has 0 saturated carbocycles. The summed E-state index contributed by atoms with van der Waals surface area (Å²) in [6.45, 7) is 0.757. The molecule has 0 spiro atoms. The molecule has 0 aliphatic heterocycles. The lowest BCUT2D eigenvalue weighted by Crippen LogP contribution is -2.34. The number of ether oxygens (including phenoxy) is 1. The van der Waals surface area contributed by atoms with Gasteiger partial charge in [-0.1, -0.05) is 28.9 Å². The van der Waals surface area contributed by atoms with Crippen molar-refractivity contribution in [2.45, 2.75) is 19.4 Å². The summed E-state index contributed by atoms with van der Waals surface area (Å²) in [6, 6.07) is 7.56. The normalized spacial score (nSPS) is 10.6. The predicted molar refractivity (Wildman–Crippen MR) is 107 cm³/mol. The smallest absolute Gasteiger partial charge is 0.316 e. The number of hydrogen-bond acceptors (Lipinski definition) is 7. The Kier molecular flexibility index (Phi) is 7.39. The Morgan fingerprint density at radius 2 is 1.97 bits per heavy atom. The van der Waals surface area contributed by atoms with Gasteiger partial charge < -0.3 is 19.9 Å². The number of aryl methyl sites for hydroxylation is 1. The van der Waals surface area contributed by atoms with Crippen LogP contribution in [-0.2, 0) is 17.8 Å². The van der Waals surface area contributed by atoms with Gasteiger partial charge in [-0.3, -0.25) is 14.3 Å². The second-order valence-electron chi connectivity index (χ2n) is 6.33. The Balaban J connectivity index is 1.33. The quantitative estimate of drug-likeness (QED) is 0.464. The lowest BCUT2D eigenvalue weighted by Gasteiger charge is -2.06. The molecule has 158 valence electrons. The molecule has 30 heavy (non-hydrogen) atoms. The van der Waals surface area contributed by atoms with Crippen LogP contribution in [0.15, 0.2) is 41.2 Å². The van der Waals surface area contributed by atoms with E-state index in [2.05, 4.69) is 25.9 Å². The summed E-state index contributed by atoms with van der Waals surface area (Å²) in [5.74, 6) is 0.302. The maximum Gasteiger partial charge on any atom is 0.316 e. The summed E-state index contributed by atoms with van der Waals surface area (Å²) in [5, 5.41) is 13.6. The van der Waals surface area contributed by atoms with Gasteiger partial charge in [0, 0.05) is 25.7 Å². The van der Waals surface area contributed by atoms with Crippen molar-refractivity contribution >= 4 is 23.4 Å². The molecule has 0 saturated heterocycles. The van der Waals surface area contributed by atoms with Crippen molar-refractivity contribution in [2.75, 3.05) is 20.2 Å². The zero-order valence-corrected chi connectivity index (χ0v) is 17.1. The van der Waals surface area contributed by atoms with Gasteiger partial charge in [0.2, 0.25) is 5.91 Å². The minimum atomic E-state index is -0.514. The number of nitrogens with zero attached hydrogens (tertiary/aromatic N) is 4. The van der Waals surface area contributed by atoms with E-state index in [9.17, 15) is 9.59 Å². The van der Waals surface area contributed by atoms with E-state index in [1.807, 2.05) is 24.3 Å². The van der Waals surface area contributed by atoms with Gasteiger partial charge in [0.15, 0.2) is 5.82 Å². The highest BCUT2D eigenvalue weighted by Crippen LogP contribution is 2.12. The molecular formula is C19H21ClN6O4. The Morgan fingerprint density at radius 1 is 1.20 bits per heavy atom. The van der Waals surface area contributed by atoms with E-state index in [1.165, 1.54) is 10.9 Å². The SMILES string of the molecule is COc1ccc(CCC(=O)NCCNC(=O)c2nc(Cn3cc(Cl)cn3)no2)cc1. The average Bonchev–Trinajstić information content (AvgIpc) is 3.39. The highest BCUT2D eigenvalue weighted by atomic mass is 35.5. The van der Waals surface area contributed by atoms with Crippen molar-refractivity contribution in [3.63, 3.8) is 0 Å². The first-order valence-corrected chi connectivity index (χ1v) is 9.59. The highest BCUT2D eigenvalue weighted by molar-refractivity contribution is 6.30. The van der Waals surface area contributed by atoms with Gasteiger partial charge in [0.05, 0.1) is 18.3 Å². The van der Waals surface area contributed by atoms with E-state index in [0.717, 1.165) is 11.3 Å². The molecule has 3 rings (SSSR count). The number of halogens is 1. The van der Waals surface area contributed by atoms with Gasteiger partial charge in [-0.2, -0.15) is 10.1 Å². The van der Waals surface area contributed by atoms with Crippen LogP contribution in [0.2, 0.25) is 5.02 Å². The minimum absolute atomic E-state index is 0.0990. The standard InChI is InChI=1S/C19H21ClN6O4/c1-29-15-5-2-13(3-6-15)4-7-17(27)21-8-9-22-18(28)19-24-16(25-30-19)12-26-11-14(20)10-23-26/h2-3,5-6,10-11H,4,7-9,12H2,1H3,(H,21,27)(H,22,28). The summed E-state index contributed by atoms with van der Waals surface area (Å²) in [4.78, 5) is 28.0. The van der Waals surface area contributed by atoms with Crippen molar-refractivity contribution < 1.29 is 18.8 Å². The van der Waals surface area contributed by atoms with Crippen LogP contribution < -0.4 is 15.4 Å². The molecule has 0 aliphatic rings. The lowest BCUT2D eigenvalue weighted by molar-refractivity contribution is -0.121. The van der Waals surface area contributed by atoms with Crippen molar-refractivity contribution in [3.05, 3.63) is 59.0 Å². The Bertz CT molecular complexity index is 985. The summed E-state index contributed by atoms with van der Waals surface area (Å²) in [7, 11) is 1.61. The molecule has 3 aromatic rings. The van der Waals surface area contributed by atoms with Crippen molar-refractivity contribution in [2.24, 2.45) is 0 Å². The summed E-state index contributed by atoms with van der Waals surface area (Å²) in [5.41, 5.74) is 1.05. The molecular weight excluding hydrogens is 412 g/mol. The second-order valence-corrected chi connectivity index (χ2v) is 6.76. The molecule has 0 fully saturated rings. The molecule has 2 aromatic heterocycles. The number of methoxy groups -OCH3 is 1. The Hall–Kier alpha value is -3.40. The number of aromatic nitrogens is 4. The summed E-state index contributed by atoms with van der Waals surface area (Å²) in [6.07, 6.45) is 4.06. The number of rotatable bonds is 10. The van der Waals surface area contributed by atoms with E-state index < -0.39 is 5.91 Å². The fourth-order valence-corrected chi connectivity index (χ4v) is 2.73. The van der Waals surface area contributed by atoms with Gasteiger partial charge in [-0.15, -0.1) is 0 Å². The number of benzene rings is 1. The van der Waals surface area contributed by atoms with Crippen LogP contribution in [0.25, 0.3) is 0 Å².